The predicted octanol–water partition coefficient (Wildman–Crippen LogP) is 5.19. The lowest BCUT2D eigenvalue weighted by atomic mass is 10.0. The number of pyridine rings is 1. The first kappa shape index (κ1) is 23.2. The number of hydrogen-bond donors (Lipinski definition) is 2. The van der Waals surface area contributed by atoms with Gasteiger partial charge < -0.3 is 14.7 Å². The maximum atomic E-state index is 5.73. The van der Waals surface area contributed by atoms with Crippen molar-refractivity contribution in [2.75, 3.05) is 26.3 Å². The van der Waals surface area contributed by atoms with Crippen LogP contribution in [0.25, 0.3) is 22.8 Å². The van der Waals surface area contributed by atoms with E-state index in [1.54, 1.807) is 0 Å². The van der Waals surface area contributed by atoms with Crippen molar-refractivity contribution in [2.45, 2.75) is 53.4 Å². The highest BCUT2D eigenvalue weighted by Gasteiger charge is 2.19. The summed E-state index contributed by atoms with van der Waals surface area (Å²) >= 11 is 0. The monoisotopic (exact) mass is 445 g/mol. The van der Waals surface area contributed by atoms with Gasteiger partial charge in [-0.05, 0) is 60.1 Å². The van der Waals surface area contributed by atoms with Crippen LogP contribution in [0.4, 0.5) is 0 Å². The second kappa shape index (κ2) is 10.8. The largest absolute Gasteiger partial charge is 0.378 e. The quantitative estimate of drug-likeness (QED) is 0.580. The van der Waals surface area contributed by atoms with Crippen LogP contribution < -0.4 is 0 Å². The maximum Gasteiger partial charge on any atom is 0.0875 e. The number of hydrogen-bond acceptors (Lipinski definition) is 4. The lowest BCUT2D eigenvalue weighted by molar-refractivity contribution is 0.150. The Morgan fingerprint density at radius 3 is 1.58 bits per heavy atom. The molecule has 1 aliphatic heterocycles. The lowest BCUT2D eigenvalue weighted by Crippen LogP contribution is -2.03. The molecule has 2 N–H and O–H groups in total. The van der Waals surface area contributed by atoms with Crippen LogP contribution in [0.3, 0.4) is 0 Å². The van der Waals surface area contributed by atoms with Gasteiger partial charge in [-0.1, -0.05) is 33.8 Å². The molecule has 0 aliphatic carbocycles. The van der Waals surface area contributed by atoms with Gasteiger partial charge in [0.1, 0.15) is 0 Å². The molecule has 6 bridgehead atoms. The molecule has 33 heavy (non-hydrogen) atoms. The van der Waals surface area contributed by atoms with E-state index in [1.807, 2.05) is 12.4 Å². The fourth-order valence-electron chi connectivity index (χ4n) is 4.81. The predicted molar refractivity (Wildman–Crippen MR) is 137 cm³/mol. The summed E-state index contributed by atoms with van der Waals surface area (Å²) in [5.41, 5.74) is 11.6. The van der Waals surface area contributed by atoms with E-state index in [0.29, 0.717) is 26.3 Å². The number of ether oxygens (including phenoxy) is 1. The number of nitrogens with one attached hydrogen (secondary N) is 2. The van der Waals surface area contributed by atoms with E-state index in [1.165, 1.54) is 22.3 Å². The van der Waals surface area contributed by atoms with Gasteiger partial charge in [-0.15, -0.1) is 0 Å². The van der Waals surface area contributed by atoms with Gasteiger partial charge in [0.25, 0.3) is 0 Å². The fourth-order valence-corrected chi connectivity index (χ4v) is 4.81. The van der Waals surface area contributed by atoms with Crippen molar-refractivity contribution in [2.24, 2.45) is 9.98 Å². The van der Waals surface area contributed by atoms with Crippen LogP contribution in [0.5, 0.6) is 0 Å². The molecule has 1 aliphatic rings. The number of aromatic amines is 2. The van der Waals surface area contributed by atoms with Crippen molar-refractivity contribution in [3.63, 3.8) is 0 Å². The number of fused-ring (bicyclic) bond motifs is 8. The number of rotatable bonds is 4. The fraction of sp³-hybridized carbons (Fsp3) is 0.444. The van der Waals surface area contributed by atoms with Gasteiger partial charge in [-0.2, -0.15) is 0 Å². The van der Waals surface area contributed by atoms with Gasteiger partial charge in [0, 0.05) is 12.4 Å². The molecule has 6 heteroatoms. The van der Waals surface area contributed by atoms with Gasteiger partial charge >= 0.3 is 0 Å². The Balaban J connectivity index is 1.89. The Labute approximate surface area is 196 Å². The normalized spacial score (nSPS) is 14.3. The SMILES string of the molecule is CCc1c2[nH]c(c1CC)-c1cccc(n1)-c1[nH]c(c(CC)c1CC)C=NCCOCCN=C2. The van der Waals surface area contributed by atoms with Gasteiger partial charge in [-0.3, -0.25) is 9.98 Å². The molecule has 0 fully saturated rings. The molecule has 3 aromatic rings. The molecule has 0 aromatic carbocycles. The van der Waals surface area contributed by atoms with Gasteiger partial charge in [0.2, 0.25) is 0 Å². The molecular formula is C27H35N5O. The van der Waals surface area contributed by atoms with Crippen LogP contribution in [-0.2, 0) is 30.4 Å². The summed E-state index contributed by atoms with van der Waals surface area (Å²) in [5.74, 6) is 0. The Morgan fingerprint density at radius 1 is 0.697 bits per heavy atom. The molecule has 0 atom stereocenters. The Kier molecular flexibility index (Phi) is 7.55. The highest BCUT2D eigenvalue weighted by Crippen LogP contribution is 2.32. The zero-order chi connectivity index (χ0) is 23.2. The third-order valence-electron chi connectivity index (χ3n) is 6.35. The van der Waals surface area contributed by atoms with Crippen LogP contribution in [0.1, 0.15) is 61.3 Å². The summed E-state index contributed by atoms with van der Waals surface area (Å²) < 4.78 is 5.73. The molecule has 0 amide bonds. The molecule has 6 nitrogen and oxygen atoms in total. The van der Waals surface area contributed by atoms with Gasteiger partial charge in [0.05, 0.1) is 60.5 Å². The van der Waals surface area contributed by atoms with Crippen molar-refractivity contribution < 1.29 is 4.74 Å². The molecule has 0 saturated heterocycles. The zero-order valence-electron chi connectivity index (χ0n) is 20.3. The highest BCUT2D eigenvalue weighted by atomic mass is 16.5. The van der Waals surface area contributed by atoms with Crippen molar-refractivity contribution >= 4 is 12.4 Å². The number of nitrogens with zero attached hydrogens (tertiary/aromatic N) is 3. The van der Waals surface area contributed by atoms with Crippen molar-refractivity contribution in [1.29, 1.82) is 0 Å². The van der Waals surface area contributed by atoms with E-state index in [-0.39, 0.29) is 0 Å². The van der Waals surface area contributed by atoms with Crippen LogP contribution >= 0.6 is 0 Å². The second-order valence-electron chi connectivity index (χ2n) is 8.25. The van der Waals surface area contributed by atoms with E-state index in [9.17, 15) is 0 Å². The Bertz CT molecular complexity index is 1070. The highest BCUT2D eigenvalue weighted by molar-refractivity contribution is 5.85. The zero-order valence-corrected chi connectivity index (χ0v) is 20.3. The van der Waals surface area contributed by atoms with Crippen molar-refractivity contribution in [3.05, 3.63) is 51.8 Å². The smallest absolute Gasteiger partial charge is 0.0875 e. The summed E-state index contributed by atoms with van der Waals surface area (Å²) in [5, 5.41) is 0. The molecule has 4 rings (SSSR count). The van der Waals surface area contributed by atoms with E-state index >= 15 is 0 Å². The minimum atomic E-state index is 0.595. The number of aliphatic imine (C=N–C) groups is 2. The Hall–Kier alpha value is -2.99. The second-order valence-corrected chi connectivity index (χ2v) is 8.25. The minimum absolute atomic E-state index is 0.595. The van der Waals surface area contributed by atoms with E-state index in [4.69, 9.17) is 9.72 Å². The standard InChI is InChI=1S/C27H35N5O/c1-5-18-20(7-3)26-22-10-9-11-23(30-22)27-21(8-4)19(6-2)25(32-27)17-29-13-15-33-14-12-28-16-24(18)31-26/h9-11,16-17,31-32H,5-8,12-15H2,1-4H3. The first-order chi connectivity index (χ1) is 16.2. The molecule has 0 radical (unpaired) electrons. The van der Waals surface area contributed by atoms with Crippen LogP contribution in [0, 0.1) is 0 Å². The van der Waals surface area contributed by atoms with Crippen molar-refractivity contribution in [1.82, 2.24) is 15.0 Å². The molecule has 4 heterocycles. The van der Waals surface area contributed by atoms with E-state index in [0.717, 1.165) is 59.8 Å². The first-order valence-corrected chi connectivity index (χ1v) is 12.2. The minimum Gasteiger partial charge on any atom is -0.378 e. The summed E-state index contributed by atoms with van der Waals surface area (Å²) in [6, 6.07) is 6.30. The molecule has 0 unspecified atom stereocenters. The lowest BCUT2D eigenvalue weighted by Gasteiger charge is -2.07. The van der Waals surface area contributed by atoms with Gasteiger partial charge in [-0.25, -0.2) is 4.98 Å². The first-order valence-electron chi connectivity index (χ1n) is 12.2. The number of H-pyrrole nitrogens is 2. The molecule has 174 valence electrons. The summed E-state index contributed by atoms with van der Waals surface area (Å²) in [4.78, 5) is 21.6. The third kappa shape index (κ3) is 4.71. The van der Waals surface area contributed by atoms with Crippen molar-refractivity contribution in [3.8, 4) is 22.8 Å². The van der Waals surface area contributed by atoms with Crippen LogP contribution in [0.15, 0.2) is 28.2 Å². The topological polar surface area (TPSA) is 78.4 Å². The Morgan fingerprint density at radius 2 is 1.15 bits per heavy atom. The summed E-state index contributed by atoms with van der Waals surface area (Å²) in [6.45, 7) is 11.3. The van der Waals surface area contributed by atoms with Crippen LogP contribution in [-0.4, -0.2) is 53.7 Å². The average Bonchev–Trinajstić information content (AvgIpc) is 3.39. The maximum absolute atomic E-state index is 5.73. The third-order valence-corrected chi connectivity index (χ3v) is 6.35. The summed E-state index contributed by atoms with van der Waals surface area (Å²) in [7, 11) is 0. The molecular weight excluding hydrogens is 410 g/mol. The van der Waals surface area contributed by atoms with E-state index < -0.39 is 0 Å². The van der Waals surface area contributed by atoms with Gasteiger partial charge in [0.15, 0.2) is 0 Å². The number of aromatic nitrogens is 3. The molecule has 3 aromatic heterocycles. The molecule has 0 saturated carbocycles. The van der Waals surface area contributed by atoms with Crippen LogP contribution in [0.2, 0.25) is 0 Å². The average molecular weight is 446 g/mol. The molecule has 0 spiro atoms. The van der Waals surface area contributed by atoms with E-state index in [2.05, 4.69) is 65.8 Å². The summed E-state index contributed by atoms with van der Waals surface area (Å²) in [6.07, 6.45) is 7.71.